The lowest BCUT2D eigenvalue weighted by Crippen LogP contribution is -2.42. The van der Waals surface area contributed by atoms with Gasteiger partial charge >= 0.3 is 0 Å². The molecule has 0 amide bonds. The van der Waals surface area contributed by atoms with Gasteiger partial charge in [0.25, 0.3) is 0 Å². The van der Waals surface area contributed by atoms with Crippen molar-refractivity contribution in [2.45, 2.75) is 25.0 Å². The van der Waals surface area contributed by atoms with Crippen LogP contribution in [0.15, 0.2) is 36.7 Å². The number of benzene rings is 1. The molecule has 0 bridgehead atoms. The smallest absolute Gasteiger partial charge is 0.224 e. The summed E-state index contributed by atoms with van der Waals surface area (Å²) in [6, 6.07) is 6.50. The molecule has 6 heteroatoms. The van der Waals surface area contributed by atoms with Crippen LogP contribution >= 0.6 is 0 Å². The van der Waals surface area contributed by atoms with Crippen molar-refractivity contribution in [3.8, 4) is 0 Å². The van der Waals surface area contributed by atoms with E-state index in [2.05, 4.69) is 14.9 Å². The summed E-state index contributed by atoms with van der Waals surface area (Å²) in [5, 5.41) is 10.8. The molecule has 0 atom stereocenters. The van der Waals surface area contributed by atoms with Crippen LogP contribution in [0, 0.1) is 5.82 Å². The van der Waals surface area contributed by atoms with Crippen LogP contribution in [0.2, 0.25) is 0 Å². The van der Waals surface area contributed by atoms with E-state index in [1.165, 1.54) is 6.07 Å². The number of anilines is 1. The number of rotatable bonds is 4. The zero-order valence-electron chi connectivity index (χ0n) is 14.1. The monoisotopic (exact) mass is 330 g/mol. The molecule has 1 aromatic carbocycles. The number of hydrogen-bond acceptors (Lipinski definition) is 5. The number of nitrogens with zero attached hydrogens (tertiary/aromatic N) is 4. The maximum absolute atomic E-state index is 14.0. The van der Waals surface area contributed by atoms with Gasteiger partial charge in [0, 0.05) is 57.3 Å². The van der Waals surface area contributed by atoms with E-state index >= 15 is 0 Å². The normalized spacial score (nSPS) is 17.7. The first kappa shape index (κ1) is 16.8. The molecule has 1 saturated heterocycles. The van der Waals surface area contributed by atoms with Crippen molar-refractivity contribution < 1.29 is 9.50 Å². The van der Waals surface area contributed by atoms with E-state index in [9.17, 15) is 9.50 Å². The van der Waals surface area contributed by atoms with E-state index in [-0.39, 0.29) is 5.82 Å². The maximum atomic E-state index is 14.0. The summed E-state index contributed by atoms with van der Waals surface area (Å²) in [6.45, 7) is 2.15. The highest BCUT2D eigenvalue weighted by molar-refractivity contribution is 5.27. The summed E-state index contributed by atoms with van der Waals surface area (Å²) >= 11 is 0. The summed E-state index contributed by atoms with van der Waals surface area (Å²) in [7, 11) is 3.81. The van der Waals surface area contributed by atoms with Crippen LogP contribution in [0.4, 0.5) is 10.3 Å². The van der Waals surface area contributed by atoms with Crippen molar-refractivity contribution >= 4 is 5.95 Å². The minimum atomic E-state index is -1.08. The molecule has 0 saturated carbocycles. The molecule has 5 nitrogen and oxygen atoms in total. The molecule has 0 radical (unpaired) electrons. The molecular formula is C18H23FN4O. The average Bonchev–Trinajstić information content (AvgIpc) is 2.58. The lowest BCUT2D eigenvalue weighted by Gasteiger charge is -2.38. The minimum absolute atomic E-state index is 0.332. The van der Waals surface area contributed by atoms with Crippen molar-refractivity contribution in [2.75, 3.05) is 32.1 Å². The van der Waals surface area contributed by atoms with Crippen LogP contribution in [0.5, 0.6) is 0 Å². The Kier molecular flexibility index (Phi) is 4.78. The topological polar surface area (TPSA) is 52.5 Å². The summed E-state index contributed by atoms with van der Waals surface area (Å²) < 4.78 is 14.0. The van der Waals surface area contributed by atoms with Gasteiger partial charge in [0.15, 0.2) is 0 Å². The average molecular weight is 330 g/mol. The zero-order chi connectivity index (χ0) is 17.2. The fraction of sp³-hybridized carbons (Fsp3) is 0.444. The summed E-state index contributed by atoms with van der Waals surface area (Å²) in [5.41, 5.74) is 0.368. The van der Waals surface area contributed by atoms with Gasteiger partial charge in [0.2, 0.25) is 5.95 Å². The first-order valence-electron chi connectivity index (χ1n) is 8.16. The van der Waals surface area contributed by atoms with Gasteiger partial charge in [-0.15, -0.1) is 0 Å². The van der Waals surface area contributed by atoms with Gasteiger partial charge in [0.05, 0.1) is 5.60 Å². The number of hydrogen-bond donors (Lipinski definition) is 1. The fourth-order valence-corrected chi connectivity index (χ4v) is 3.11. The van der Waals surface area contributed by atoms with Crippen molar-refractivity contribution in [1.82, 2.24) is 14.9 Å². The first-order chi connectivity index (χ1) is 11.5. The van der Waals surface area contributed by atoms with Crippen LogP contribution in [-0.4, -0.2) is 47.2 Å². The van der Waals surface area contributed by atoms with Crippen molar-refractivity contribution in [3.63, 3.8) is 0 Å². The Morgan fingerprint density at radius 2 is 1.79 bits per heavy atom. The number of aromatic nitrogens is 2. The van der Waals surface area contributed by atoms with Crippen LogP contribution in [-0.2, 0) is 12.1 Å². The van der Waals surface area contributed by atoms with Crippen molar-refractivity contribution in [1.29, 1.82) is 0 Å². The second-order valence-corrected chi connectivity index (χ2v) is 6.57. The molecule has 0 spiro atoms. The van der Waals surface area contributed by atoms with E-state index in [0.717, 1.165) is 12.1 Å². The molecule has 3 rings (SSSR count). The van der Waals surface area contributed by atoms with Gasteiger partial charge in [-0.2, -0.15) is 0 Å². The molecule has 0 unspecified atom stereocenters. The number of likely N-dealkylation sites (tertiary alicyclic amines) is 1. The van der Waals surface area contributed by atoms with Gasteiger partial charge in [0.1, 0.15) is 5.82 Å². The predicted octanol–water partition coefficient (Wildman–Crippen LogP) is 2.17. The Hall–Kier alpha value is -2.05. The molecule has 1 N–H and O–H groups in total. The van der Waals surface area contributed by atoms with Gasteiger partial charge in [-0.05, 0) is 18.9 Å². The van der Waals surface area contributed by atoms with Gasteiger partial charge in [-0.25, -0.2) is 14.4 Å². The molecule has 1 aliphatic heterocycles. The standard InChI is InChI=1S/C18H23FN4O/c1-22(2)17-20-11-14(12-21-17)13-23-9-7-18(24,8-10-23)15-5-3-4-6-16(15)19/h3-6,11-12,24H,7-10,13H2,1-2H3. The molecule has 2 aromatic rings. The van der Waals surface area contributed by atoms with E-state index < -0.39 is 5.60 Å². The highest BCUT2D eigenvalue weighted by Gasteiger charge is 2.35. The molecule has 1 aromatic heterocycles. The molecule has 2 heterocycles. The summed E-state index contributed by atoms with van der Waals surface area (Å²) in [5.74, 6) is 0.354. The predicted molar refractivity (Wildman–Crippen MR) is 91.2 cm³/mol. The van der Waals surface area contributed by atoms with Crippen LogP contribution in [0.25, 0.3) is 0 Å². The molecule has 24 heavy (non-hydrogen) atoms. The van der Waals surface area contributed by atoms with E-state index in [0.29, 0.717) is 37.4 Å². The lowest BCUT2D eigenvalue weighted by atomic mass is 9.84. The summed E-state index contributed by atoms with van der Waals surface area (Å²) in [6.07, 6.45) is 4.70. The van der Waals surface area contributed by atoms with Gasteiger partial charge < -0.3 is 10.0 Å². The second kappa shape index (κ2) is 6.83. The Morgan fingerprint density at radius 3 is 2.38 bits per heavy atom. The highest BCUT2D eigenvalue weighted by Crippen LogP contribution is 2.34. The van der Waals surface area contributed by atoms with Crippen LogP contribution in [0.3, 0.4) is 0 Å². The largest absolute Gasteiger partial charge is 0.385 e. The van der Waals surface area contributed by atoms with E-state index in [1.54, 1.807) is 18.2 Å². The van der Waals surface area contributed by atoms with E-state index in [4.69, 9.17) is 0 Å². The SMILES string of the molecule is CN(C)c1ncc(CN2CCC(O)(c3ccccc3F)CC2)cn1. The molecule has 1 fully saturated rings. The number of piperidine rings is 1. The Bertz CT molecular complexity index is 682. The zero-order valence-corrected chi connectivity index (χ0v) is 14.1. The molecule has 1 aliphatic rings. The van der Waals surface area contributed by atoms with Crippen LogP contribution in [0.1, 0.15) is 24.0 Å². The Labute approximate surface area is 141 Å². The van der Waals surface area contributed by atoms with Crippen molar-refractivity contribution in [2.24, 2.45) is 0 Å². The van der Waals surface area contributed by atoms with E-state index in [1.807, 2.05) is 31.4 Å². The Balaban J connectivity index is 1.62. The second-order valence-electron chi connectivity index (χ2n) is 6.57. The molecular weight excluding hydrogens is 307 g/mol. The third kappa shape index (κ3) is 3.55. The quantitative estimate of drug-likeness (QED) is 0.931. The molecule has 128 valence electrons. The Morgan fingerprint density at radius 1 is 1.17 bits per heavy atom. The van der Waals surface area contributed by atoms with Gasteiger partial charge in [-0.1, -0.05) is 18.2 Å². The van der Waals surface area contributed by atoms with Crippen LogP contribution < -0.4 is 4.90 Å². The number of aliphatic hydroxyl groups is 1. The minimum Gasteiger partial charge on any atom is -0.385 e. The third-order valence-electron chi connectivity index (χ3n) is 4.56. The van der Waals surface area contributed by atoms with Crippen molar-refractivity contribution in [3.05, 3.63) is 53.6 Å². The fourth-order valence-electron chi connectivity index (χ4n) is 3.11. The van der Waals surface area contributed by atoms with Gasteiger partial charge in [-0.3, -0.25) is 4.90 Å². The lowest BCUT2D eigenvalue weighted by molar-refractivity contribution is -0.0303. The first-order valence-corrected chi connectivity index (χ1v) is 8.16. The number of halogens is 1. The summed E-state index contributed by atoms with van der Waals surface area (Å²) in [4.78, 5) is 12.7. The third-order valence-corrected chi connectivity index (χ3v) is 4.56. The highest BCUT2D eigenvalue weighted by atomic mass is 19.1. The maximum Gasteiger partial charge on any atom is 0.224 e. The molecule has 0 aliphatic carbocycles.